The molecule has 0 fully saturated rings. The quantitative estimate of drug-likeness (QED) is 0.759. The number of nitrogens with zero attached hydrogens (tertiary/aromatic N) is 2. The summed E-state index contributed by atoms with van der Waals surface area (Å²) in [5.41, 5.74) is 0.734. The Kier molecular flexibility index (Phi) is 3.67. The maximum atomic E-state index is 12.0. The fourth-order valence-electron chi connectivity index (χ4n) is 1.97. The lowest BCUT2D eigenvalue weighted by Gasteiger charge is -2.14. The molecule has 0 amide bonds. The van der Waals surface area contributed by atoms with Gasteiger partial charge in [0.25, 0.3) is 0 Å². The first-order chi connectivity index (χ1) is 8.56. The fourth-order valence-corrected chi connectivity index (χ4v) is 1.97. The van der Waals surface area contributed by atoms with Crippen LogP contribution in [-0.4, -0.2) is 28.8 Å². The minimum absolute atomic E-state index is 0.119. The Labute approximate surface area is 107 Å². The second-order valence-corrected chi connectivity index (χ2v) is 4.61. The normalized spacial score (nSPS) is 11.1. The van der Waals surface area contributed by atoms with Gasteiger partial charge in [0.15, 0.2) is 5.78 Å². The second-order valence-electron chi connectivity index (χ2n) is 4.61. The van der Waals surface area contributed by atoms with Gasteiger partial charge < -0.3 is 8.98 Å². The standard InChI is InChI=1S/C14H18N2O2/c1-11-6-7-12(18-11)9-15(2)10-14(17)13-5-4-8-16(13)3/h4-8H,9-10H2,1-3H3. The molecular weight excluding hydrogens is 228 g/mol. The van der Waals surface area contributed by atoms with Crippen LogP contribution in [0.1, 0.15) is 22.0 Å². The van der Waals surface area contributed by atoms with Gasteiger partial charge in [-0.05, 0) is 38.2 Å². The van der Waals surface area contributed by atoms with Crippen LogP contribution in [0.3, 0.4) is 0 Å². The number of furan rings is 1. The Morgan fingerprint density at radius 3 is 2.72 bits per heavy atom. The van der Waals surface area contributed by atoms with Gasteiger partial charge in [0.1, 0.15) is 11.5 Å². The maximum absolute atomic E-state index is 12.0. The number of aromatic nitrogens is 1. The monoisotopic (exact) mass is 246 g/mol. The molecule has 0 unspecified atom stereocenters. The van der Waals surface area contributed by atoms with Crippen LogP contribution in [-0.2, 0) is 13.6 Å². The Morgan fingerprint density at radius 2 is 2.17 bits per heavy atom. The smallest absolute Gasteiger partial charge is 0.193 e. The number of ketones is 1. The second kappa shape index (κ2) is 5.23. The van der Waals surface area contributed by atoms with Gasteiger partial charge >= 0.3 is 0 Å². The Bertz CT molecular complexity index is 539. The van der Waals surface area contributed by atoms with E-state index in [-0.39, 0.29) is 5.78 Å². The van der Waals surface area contributed by atoms with Gasteiger partial charge in [-0.2, -0.15) is 0 Å². The van der Waals surface area contributed by atoms with Crippen LogP contribution < -0.4 is 0 Å². The molecule has 0 atom stereocenters. The molecule has 2 heterocycles. The van der Waals surface area contributed by atoms with Crippen molar-refractivity contribution in [2.75, 3.05) is 13.6 Å². The molecule has 0 aliphatic heterocycles. The molecule has 4 heteroatoms. The van der Waals surface area contributed by atoms with Crippen LogP contribution >= 0.6 is 0 Å². The Morgan fingerprint density at radius 1 is 1.39 bits per heavy atom. The number of hydrogen-bond donors (Lipinski definition) is 0. The molecule has 0 saturated carbocycles. The zero-order valence-electron chi connectivity index (χ0n) is 11.0. The number of Topliss-reactive ketones (excluding diaryl/α,β-unsaturated/α-hetero) is 1. The van der Waals surface area contributed by atoms with E-state index in [9.17, 15) is 4.79 Å². The molecule has 18 heavy (non-hydrogen) atoms. The van der Waals surface area contributed by atoms with Crippen molar-refractivity contribution in [2.45, 2.75) is 13.5 Å². The van der Waals surface area contributed by atoms with Gasteiger partial charge in [0.2, 0.25) is 0 Å². The first kappa shape index (κ1) is 12.6. The van der Waals surface area contributed by atoms with Gasteiger partial charge in [-0.1, -0.05) is 0 Å². The van der Waals surface area contributed by atoms with E-state index in [1.54, 1.807) is 0 Å². The largest absolute Gasteiger partial charge is 0.465 e. The van der Waals surface area contributed by atoms with E-state index in [0.717, 1.165) is 17.2 Å². The molecule has 0 N–H and O–H groups in total. The van der Waals surface area contributed by atoms with Crippen molar-refractivity contribution in [1.29, 1.82) is 0 Å². The molecule has 2 rings (SSSR count). The van der Waals surface area contributed by atoms with Crippen LogP contribution in [0, 0.1) is 6.92 Å². The predicted octanol–water partition coefficient (Wildman–Crippen LogP) is 2.24. The zero-order valence-corrected chi connectivity index (χ0v) is 11.0. The summed E-state index contributed by atoms with van der Waals surface area (Å²) in [5.74, 6) is 1.90. The van der Waals surface area contributed by atoms with E-state index < -0.39 is 0 Å². The first-order valence-electron chi connectivity index (χ1n) is 5.94. The molecular formula is C14H18N2O2. The summed E-state index contributed by atoms with van der Waals surface area (Å²) in [6, 6.07) is 7.59. The van der Waals surface area contributed by atoms with Crippen LogP contribution in [0.15, 0.2) is 34.9 Å². The summed E-state index contributed by atoms with van der Waals surface area (Å²) in [7, 11) is 3.79. The summed E-state index contributed by atoms with van der Waals surface area (Å²) in [5, 5.41) is 0. The molecule has 0 saturated heterocycles. The van der Waals surface area contributed by atoms with Gasteiger partial charge in [-0.25, -0.2) is 0 Å². The summed E-state index contributed by atoms with van der Waals surface area (Å²) >= 11 is 0. The predicted molar refractivity (Wildman–Crippen MR) is 69.5 cm³/mol. The van der Waals surface area contributed by atoms with Crippen molar-refractivity contribution in [3.05, 3.63) is 47.7 Å². The third kappa shape index (κ3) is 2.90. The highest BCUT2D eigenvalue weighted by Crippen LogP contribution is 2.09. The van der Waals surface area contributed by atoms with Crippen LogP contribution in [0.2, 0.25) is 0 Å². The highest BCUT2D eigenvalue weighted by atomic mass is 16.3. The molecule has 4 nitrogen and oxygen atoms in total. The van der Waals surface area contributed by atoms with E-state index >= 15 is 0 Å². The number of carbonyl (C=O) groups excluding carboxylic acids is 1. The minimum atomic E-state index is 0.119. The number of rotatable bonds is 5. The molecule has 0 aliphatic carbocycles. The third-order valence-corrected chi connectivity index (χ3v) is 2.86. The summed E-state index contributed by atoms with van der Waals surface area (Å²) in [6.45, 7) is 2.94. The molecule has 0 bridgehead atoms. The average Bonchev–Trinajstić information content (AvgIpc) is 2.87. The van der Waals surface area contributed by atoms with Crippen molar-refractivity contribution in [3.63, 3.8) is 0 Å². The van der Waals surface area contributed by atoms with Gasteiger partial charge in [-0.3, -0.25) is 9.69 Å². The minimum Gasteiger partial charge on any atom is -0.465 e. The third-order valence-electron chi connectivity index (χ3n) is 2.86. The summed E-state index contributed by atoms with van der Waals surface area (Å²) < 4.78 is 7.33. The van der Waals surface area contributed by atoms with Gasteiger partial charge in [0.05, 0.1) is 18.8 Å². The van der Waals surface area contributed by atoms with Crippen molar-refractivity contribution in [3.8, 4) is 0 Å². The van der Waals surface area contributed by atoms with Crippen LogP contribution in [0.25, 0.3) is 0 Å². The van der Waals surface area contributed by atoms with Crippen molar-refractivity contribution < 1.29 is 9.21 Å². The van der Waals surface area contributed by atoms with E-state index in [2.05, 4.69) is 0 Å². The molecule has 0 radical (unpaired) electrons. The summed E-state index contributed by atoms with van der Waals surface area (Å²) in [6.07, 6.45) is 1.88. The van der Waals surface area contributed by atoms with Crippen molar-refractivity contribution >= 4 is 5.78 Å². The number of hydrogen-bond acceptors (Lipinski definition) is 3. The highest BCUT2D eigenvalue weighted by molar-refractivity contribution is 5.96. The lowest BCUT2D eigenvalue weighted by atomic mass is 10.2. The highest BCUT2D eigenvalue weighted by Gasteiger charge is 2.13. The van der Waals surface area contributed by atoms with Crippen molar-refractivity contribution in [1.82, 2.24) is 9.47 Å². The molecule has 2 aromatic heterocycles. The average molecular weight is 246 g/mol. The van der Waals surface area contributed by atoms with Gasteiger partial charge in [0, 0.05) is 13.2 Å². The number of carbonyl (C=O) groups is 1. The lowest BCUT2D eigenvalue weighted by Crippen LogP contribution is -2.26. The molecule has 0 spiro atoms. The molecule has 96 valence electrons. The van der Waals surface area contributed by atoms with Crippen molar-refractivity contribution in [2.24, 2.45) is 7.05 Å². The number of likely N-dealkylation sites (N-methyl/N-ethyl adjacent to an activating group) is 1. The van der Waals surface area contributed by atoms with Crippen LogP contribution in [0.4, 0.5) is 0 Å². The fraction of sp³-hybridized carbons (Fsp3) is 0.357. The Hall–Kier alpha value is -1.81. The van der Waals surface area contributed by atoms with E-state index in [0.29, 0.717) is 13.1 Å². The van der Waals surface area contributed by atoms with E-state index in [4.69, 9.17) is 4.42 Å². The molecule has 0 aliphatic rings. The van der Waals surface area contributed by atoms with E-state index in [1.165, 1.54) is 0 Å². The topological polar surface area (TPSA) is 38.4 Å². The SMILES string of the molecule is Cc1ccc(CN(C)CC(=O)c2cccn2C)o1. The van der Waals surface area contributed by atoms with E-state index in [1.807, 2.05) is 60.9 Å². The number of aryl methyl sites for hydroxylation is 2. The first-order valence-corrected chi connectivity index (χ1v) is 5.94. The Balaban J connectivity index is 1.93. The molecule has 0 aromatic carbocycles. The van der Waals surface area contributed by atoms with Crippen LogP contribution in [0.5, 0.6) is 0 Å². The zero-order chi connectivity index (χ0) is 13.1. The van der Waals surface area contributed by atoms with Gasteiger partial charge in [-0.15, -0.1) is 0 Å². The summed E-state index contributed by atoms with van der Waals surface area (Å²) in [4.78, 5) is 14.0. The lowest BCUT2D eigenvalue weighted by molar-refractivity contribution is 0.0931. The molecule has 2 aromatic rings. The maximum Gasteiger partial charge on any atom is 0.193 e.